The molecule has 3 aliphatic rings. The van der Waals surface area contributed by atoms with Crippen LogP contribution in [0.5, 0.6) is 0 Å². The smallest absolute Gasteiger partial charge is 0.312 e. The van der Waals surface area contributed by atoms with Gasteiger partial charge in [0.2, 0.25) is 0 Å². The van der Waals surface area contributed by atoms with Crippen LogP contribution in [0.2, 0.25) is 0 Å². The third-order valence-electron chi connectivity index (χ3n) is 6.91. The molecule has 128 valence electrons. The first-order valence-corrected chi connectivity index (χ1v) is 8.88. The molecule has 2 aliphatic carbocycles. The van der Waals surface area contributed by atoms with Crippen molar-refractivity contribution in [2.24, 2.45) is 22.7 Å². The Morgan fingerprint density at radius 2 is 2.25 bits per heavy atom. The van der Waals surface area contributed by atoms with Crippen molar-refractivity contribution in [3.8, 4) is 0 Å². The molecule has 3 fully saturated rings. The van der Waals surface area contributed by atoms with Crippen LogP contribution in [0.3, 0.4) is 0 Å². The zero-order chi connectivity index (χ0) is 16.9. The lowest BCUT2D eigenvalue weighted by atomic mass is 9.45. The first-order valence-electron chi connectivity index (χ1n) is 8.88. The van der Waals surface area contributed by atoms with E-state index in [0.29, 0.717) is 24.5 Å². The molecule has 0 radical (unpaired) electrons. The monoisotopic (exact) mass is 328 g/mol. The minimum absolute atomic E-state index is 0.0461. The molecule has 0 amide bonds. The molecule has 4 rings (SSSR count). The summed E-state index contributed by atoms with van der Waals surface area (Å²) < 4.78 is 10.7. The van der Waals surface area contributed by atoms with E-state index >= 15 is 0 Å². The highest BCUT2D eigenvalue weighted by atomic mass is 16.5. The third-order valence-corrected chi connectivity index (χ3v) is 6.91. The van der Waals surface area contributed by atoms with Crippen LogP contribution in [0.15, 0.2) is 35.2 Å². The number of allylic oxidation sites excluding steroid dienone is 1. The standard InChI is InChI=1S/C20H24O4/c1-13-4-5-17-19(2)7-3-8-20(17,12-24-18(19)22)15(13)10-16(21)14-6-9-23-11-14/h6,9,11,15,17H,1,3-5,7-8,10,12H2,2H3/t15-,17?,19+,20-/m1/s1. The zero-order valence-corrected chi connectivity index (χ0v) is 14.2. The average Bonchev–Trinajstić information content (AvgIpc) is 3.09. The maximum Gasteiger partial charge on any atom is 0.312 e. The number of ether oxygens (including phenoxy) is 1. The Morgan fingerprint density at radius 3 is 3.00 bits per heavy atom. The van der Waals surface area contributed by atoms with Gasteiger partial charge in [-0.2, -0.15) is 0 Å². The quantitative estimate of drug-likeness (QED) is 0.475. The van der Waals surface area contributed by atoms with Crippen LogP contribution in [0.25, 0.3) is 0 Å². The van der Waals surface area contributed by atoms with Gasteiger partial charge < -0.3 is 9.15 Å². The van der Waals surface area contributed by atoms with Crippen LogP contribution >= 0.6 is 0 Å². The molecule has 4 atom stereocenters. The van der Waals surface area contributed by atoms with E-state index in [0.717, 1.165) is 37.7 Å². The summed E-state index contributed by atoms with van der Waals surface area (Å²) in [6.45, 7) is 6.79. The number of hydrogen-bond donors (Lipinski definition) is 0. The van der Waals surface area contributed by atoms with Crippen molar-refractivity contribution in [2.75, 3.05) is 6.61 Å². The summed E-state index contributed by atoms with van der Waals surface area (Å²) in [5, 5.41) is 0. The van der Waals surface area contributed by atoms with E-state index in [1.807, 2.05) is 0 Å². The van der Waals surface area contributed by atoms with Gasteiger partial charge >= 0.3 is 5.97 Å². The van der Waals surface area contributed by atoms with Gasteiger partial charge in [0.05, 0.1) is 23.8 Å². The highest BCUT2D eigenvalue weighted by molar-refractivity contribution is 5.96. The van der Waals surface area contributed by atoms with Gasteiger partial charge in [0.25, 0.3) is 0 Å². The Morgan fingerprint density at radius 1 is 1.42 bits per heavy atom. The number of hydrogen-bond acceptors (Lipinski definition) is 4. The predicted octanol–water partition coefficient (Wildman–Crippen LogP) is 4.17. The maximum absolute atomic E-state index is 12.7. The summed E-state index contributed by atoms with van der Waals surface area (Å²) >= 11 is 0. The SMILES string of the molecule is C=C1CCC2[C@@]3(CCC[C@]2(C)C(=O)OC3)[C@@H]1CC(=O)c1ccoc1. The summed E-state index contributed by atoms with van der Waals surface area (Å²) in [6, 6.07) is 1.72. The minimum atomic E-state index is -0.395. The van der Waals surface area contributed by atoms with Crippen molar-refractivity contribution in [2.45, 2.75) is 45.4 Å². The van der Waals surface area contributed by atoms with E-state index < -0.39 is 5.41 Å². The molecule has 1 saturated heterocycles. The summed E-state index contributed by atoms with van der Waals surface area (Å²) in [5.41, 5.74) is 1.25. The molecule has 0 spiro atoms. The molecule has 4 nitrogen and oxygen atoms in total. The van der Waals surface area contributed by atoms with E-state index in [1.165, 1.54) is 12.5 Å². The molecule has 1 aromatic heterocycles. The van der Waals surface area contributed by atoms with Gasteiger partial charge in [0.15, 0.2) is 5.78 Å². The zero-order valence-electron chi connectivity index (χ0n) is 14.2. The van der Waals surface area contributed by atoms with E-state index in [1.54, 1.807) is 6.07 Å². The van der Waals surface area contributed by atoms with Crippen LogP contribution in [0, 0.1) is 22.7 Å². The summed E-state index contributed by atoms with van der Waals surface area (Å²) in [4.78, 5) is 25.1. The fraction of sp³-hybridized carbons (Fsp3) is 0.600. The van der Waals surface area contributed by atoms with E-state index in [2.05, 4.69) is 13.5 Å². The van der Waals surface area contributed by atoms with Crippen LogP contribution in [0.4, 0.5) is 0 Å². The van der Waals surface area contributed by atoms with Gasteiger partial charge in [-0.05, 0) is 50.5 Å². The highest BCUT2D eigenvalue weighted by Gasteiger charge is 2.63. The molecule has 1 aromatic rings. The number of esters is 1. The van der Waals surface area contributed by atoms with Gasteiger partial charge in [-0.15, -0.1) is 0 Å². The third kappa shape index (κ3) is 2.04. The summed E-state index contributed by atoms with van der Waals surface area (Å²) in [6.07, 6.45) is 8.29. The second-order valence-electron chi connectivity index (χ2n) is 8.02. The molecular weight excluding hydrogens is 304 g/mol. The molecule has 2 bridgehead atoms. The molecule has 4 heteroatoms. The Labute approximate surface area is 142 Å². The Kier molecular flexibility index (Phi) is 3.48. The molecular formula is C20H24O4. The fourth-order valence-corrected chi connectivity index (χ4v) is 5.66. The maximum atomic E-state index is 12.7. The number of furan rings is 1. The lowest BCUT2D eigenvalue weighted by Gasteiger charge is -2.61. The second kappa shape index (κ2) is 5.33. The Hall–Kier alpha value is -1.84. The van der Waals surface area contributed by atoms with E-state index in [9.17, 15) is 9.59 Å². The fourth-order valence-electron chi connectivity index (χ4n) is 5.66. The topological polar surface area (TPSA) is 56.5 Å². The number of rotatable bonds is 3. The first-order chi connectivity index (χ1) is 11.5. The molecule has 24 heavy (non-hydrogen) atoms. The molecule has 1 aliphatic heterocycles. The van der Waals surface area contributed by atoms with Crippen molar-refractivity contribution < 1.29 is 18.7 Å². The van der Waals surface area contributed by atoms with Crippen molar-refractivity contribution >= 4 is 11.8 Å². The summed E-state index contributed by atoms with van der Waals surface area (Å²) in [7, 11) is 0. The predicted molar refractivity (Wildman–Crippen MR) is 88.4 cm³/mol. The largest absolute Gasteiger partial charge is 0.472 e. The average molecular weight is 328 g/mol. The van der Waals surface area contributed by atoms with Crippen LogP contribution in [0.1, 0.15) is 55.8 Å². The van der Waals surface area contributed by atoms with Gasteiger partial charge in [-0.3, -0.25) is 9.59 Å². The van der Waals surface area contributed by atoms with Crippen molar-refractivity contribution in [3.05, 3.63) is 36.3 Å². The Bertz CT molecular complexity index is 689. The van der Waals surface area contributed by atoms with E-state index in [4.69, 9.17) is 9.15 Å². The lowest BCUT2D eigenvalue weighted by molar-refractivity contribution is -0.206. The number of cyclic esters (lactones) is 1. The van der Waals surface area contributed by atoms with Crippen LogP contribution in [-0.2, 0) is 9.53 Å². The molecule has 0 N–H and O–H groups in total. The van der Waals surface area contributed by atoms with E-state index in [-0.39, 0.29) is 23.1 Å². The van der Waals surface area contributed by atoms with Gasteiger partial charge in [0, 0.05) is 11.8 Å². The lowest BCUT2D eigenvalue weighted by Crippen LogP contribution is -2.61. The number of carbonyl (C=O) groups excluding carboxylic acids is 2. The molecule has 2 heterocycles. The van der Waals surface area contributed by atoms with Gasteiger partial charge in [-0.1, -0.05) is 18.6 Å². The van der Waals surface area contributed by atoms with Crippen LogP contribution < -0.4 is 0 Å². The summed E-state index contributed by atoms with van der Waals surface area (Å²) in [5.74, 6) is 0.434. The Balaban J connectivity index is 1.69. The first kappa shape index (κ1) is 15.7. The number of Topliss-reactive ketones (excluding diaryl/α,β-unsaturated/α-hetero) is 1. The highest BCUT2D eigenvalue weighted by Crippen LogP contribution is 2.64. The van der Waals surface area contributed by atoms with Crippen molar-refractivity contribution in [3.63, 3.8) is 0 Å². The van der Waals surface area contributed by atoms with Crippen molar-refractivity contribution in [1.82, 2.24) is 0 Å². The van der Waals surface area contributed by atoms with Gasteiger partial charge in [0.1, 0.15) is 6.26 Å². The normalized spacial score (nSPS) is 38.4. The van der Waals surface area contributed by atoms with Crippen LogP contribution in [-0.4, -0.2) is 18.4 Å². The second-order valence-corrected chi connectivity index (χ2v) is 8.02. The number of carbonyl (C=O) groups is 2. The minimum Gasteiger partial charge on any atom is -0.472 e. The van der Waals surface area contributed by atoms with Crippen molar-refractivity contribution in [1.29, 1.82) is 0 Å². The molecule has 1 unspecified atom stereocenters. The van der Waals surface area contributed by atoms with Gasteiger partial charge in [-0.25, -0.2) is 0 Å². The number of ketones is 1. The molecule has 0 aromatic carbocycles. The molecule has 2 saturated carbocycles.